The molecule has 1 saturated heterocycles. The number of esters is 1. The van der Waals surface area contributed by atoms with E-state index in [9.17, 15) is 4.79 Å². The Balaban J connectivity index is 1.75. The van der Waals surface area contributed by atoms with Gasteiger partial charge < -0.3 is 15.0 Å². The number of nitrogens with one attached hydrogen (secondary N) is 2. The predicted octanol–water partition coefficient (Wildman–Crippen LogP) is 0.900. The van der Waals surface area contributed by atoms with Crippen LogP contribution in [-0.2, 0) is 16.1 Å². The zero-order chi connectivity index (χ0) is 14.7. The molecule has 112 valence electrons. The highest BCUT2D eigenvalue weighted by Crippen LogP contribution is 2.14. The molecule has 3 rings (SSSR count). The molecular weight excluding hydrogens is 268 g/mol. The van der Waals surface area contributed by atoms with Crippen molar-refractivity contribution in [1.82, 2.24) is 20.2 Å². The molecule has 1 fully saturated rings. The fraction of sp³-hybridized carbons (Fsp3) is 0.467. The van der Waals surface area contributed by atoms with Crippen LogP contribution in [-0.4, -0.2) is 53.1 Å². The van der Waals surface area contributed by atoms with E-state index in [0.717, 1.165) is 29.9 Å². The van der Waals surface area contributed by atoms with Gasteiger partial charge in [0.1, 0.15) is 11.9 Å². The minimum Gasteiger partial charge on any atom is -0.465 e. The number of nitrogens with zero attached hydrogens (tertiary/aromatic N) is 2. The first-order chi connectivity index (χ1) is 10.3. The molecule has 0 radical (unpaired) electrons. The zero-order valence-corrected chi connectivity index (χ0v) is 12.1. The van der Waals surface area contributed by atoms with Gasteiger partial charge in [-0.05, 0) is 19.1 Å². The quantitative estimate of drug-likeness (QED) is 0.818. The molecule has 1 atom stereocenters. The van der Waals surface area contributed by atoms with Gasteiger partial charge in [-0.1, -0.05) is 12.1 Å². The van der Waals surface area contributed by atoms with Crippen LogP contribution >= 0.6 is 0 Å². The van der Waals surface area contributed by atoms with E-state index in [1.807, 2.05) is 31.2 Å². The lowest BCUT2D eigenvalue weighted by atomic mass is 10.2. The third-order valence-corrected chi connectivity index (χ3v) is 3.70. The number of fused-ring (bicyclic) bond motifs is 1. The van der Waals surface area contributed by atoms with Crippen LogP contribution in [0.5, 0.6) is 0 Å². The Morgan fingerprint density at radius 2 is 2.33 bits per heavy atom. The Labute approximate surface area is 123 Å². The molecule has 0 saturated carbocycles. The van der Waals surface area contributed by atoms with E-state index in [2.05, 4.69) is 20.2 Å². The Morgan fingerprint density at radius 1 is 1.48 bits per heavy atom. The summed E-state index contributed by atoms with van der Waals surface area (Å²) in [5, 5.41) is 3.24. The van der Waals surface area contributed by atoms with Gasteiger partial charge in [0.25, 0.3) is 0 Å². The Kier molecular flexibility index (Phi) is 4.17. The molecule has 21 heavy (non-hydrogen) atoms. The zero-order valence-electron chi connectivity index (χ0n) is 12.1. The monoisotopic (exact) mass is 288 g/mol. The van der Waals surface area contributed by atoms with Gasteiger partial charge in [0.15, 0.2) is 0 Å². The minimum atomic E-state index is -0.244. The van der Waals surface area contributed by atoms with Gasteiger partial charge in [0.05, 0.1) is 24.2 Å². The fourth-order valence-electron chi connectivity index (χ4n) is 2.68. The molecule has 6 nitrogen and oxygen atoms in total. The number of benzene rings is 1. The van der Waals surface area contributed by atoms with Crippen molar-refractivity contribution in [3.8, 4) is 0 Å². The van der Waals surface area contributed by atoms with Crippen molar-refractivity contribution in [3.05, 3.63) is 30.1 Å². The van der Waals surface area contributed by atoms with Gasteiger partial charge in [-0.25, -0.2) is 4.98 Å². The summed E-state index contributed by atoms with van der Waals surface area (Å²) in [6.45, 7) is 5.17. The number of imidazole rings is 1. The summed E-state index contributed by atoms with van der Waals surface area (Å²) >= 11 is 0. The number of aromatic nitrogens is 2. The fourth-order valence-corrected chi connectivity index (χ4v) is 2.68. The lowest BCUT2D eigenvalue weighted by Crippen LogP contribution is -2.55. The number of hydrogen-bond acceptors (Lipinski definition) is 5. The number of aromatic amines is 1. The summed E-state index contributed by atoms with van der Waals surface area (Å²) in [4.78, 5) is 22.0. The molecule has 1 aliphatic heterocycles. The van der Waals surface area contributed by atoms with Crippen molar-refractivity contribution in [1.29, 1.82) is 0 Å². The van der Waals surface area contributed by atoms with E-state index in [0.29, 0.717) is 19.7 Å². The largest absolute Gasteiger partial charge is 0.465 e. The van der Waals surface area contributed by atoms with Gasteiger partial charge in [0, 0.05) is 19.6 Å². The van der Waals surface area contributed by atoms with Crippen LogP contribution in [0, 0.1) is 0 Å². The van der Waals surface area contributed by atoms with E-state index in [-0.39, 0.29) is 12.0 Å². The lowest BCUT2D eigenvalue weighted by molar-refractivity contribution is -0.150. The van der Waals surface area contributed by atoms with Crippen LogP contribution in [0.1, 0.15) is 12.7 Å². The second kappa shape index (κ2) is 6.24. The highest BCUT2D eigenvalue weighted by atomic mass is 16.5. The lowest BCUT2D eigenvalue weighted by Gasteiger charge is -2.33. The minimum absolute atomic E-state index is 0.166. The second-order valence-electron chi connectivity index (χ2n) is 5.14. The Morgan fingerprint density at radius 3 is 3.14 bits per heavy atom. The summed E-state index contributed by atoms with van der Waals surface area (Å²) < 4.78 is 5.16. The highest BCUT2D eigenvalue weighted by molar-refractivity contribution is 5.76. The maximum atomic E-state index is 12.0. The van der Waals surface area contributed by atoms with E-state index < -0.39 is 0 Å². The van der Waals surface area contributed by atoms with Gasteiger partial charge in [-0.3, -0.25) is 9.69 Å². The molecule has 0 amide bonds. The predicted molar refractivity (Wildman–Crippen MR) is 79.8 cm³/mol. The molecule has 0 aliphatic carbocycles. The first-order valence-electron chi connectivity index (χ1n) is 7.33. The molecule has 1 unspecified atom stereocenters. The smallest absolute Gasteiger partial charge is 0.324 e. The van der Waals surface area contributed by atoms with Crippen molar-refractivity contribution in [2.45, 2.75) is 19.5 Å². The van der Waals surface area contributed by atoms with Crippen molar-refractivity contribution < 1.29 is 9.53 Å². The summed E-state index contributed by atoms with van der Waals surface area (Å²) in [5.74, 6) is 0.716. The average Bonchev–Trinajstić information content (AvgIpc) is 2.90. The van der Waals surface area contributed by atoms with Crippen molar-refractivity contribution in [2.24, 2.45) is 0 Å². The number of carbonyl (C=O) groups is 1. The summed E-state index contributed by atoms with van der Waals surface area (Å²) in [7, 11) is 0. The van der Waals surface area contributed by atoms with Gasteiger partial charge in [0.2, 0.25) is 0 Å². The summed E-state index contributed by atoms with van der Waals surface area (Å²) in [6, 6.07) is 7.70. The molecule has 0 spiro atoms. The van der Waals surface area contributed by atoms with Crippen molar-refractivity contribution >= 4 is 17.0 Å². The first kappa shape index (κ1) is 14.0. The summed E-state index contributed by atoms with van der Waals surface area (Å²) in [5.41, 5.74) is 1.98. The number of piperazine rings is 1. The standard InChI is InChI=1S/C15H20N4O2/c1-2-21-15(20)13-9-16-7-8-19(13)10-14-17-11-5-3-4-6-12(11)18-14/h3-6,13,16H,2,7-10H2,1H3,(H,17,18). The molecular formula is C15H20N4O2. The Hall–Kier alpha value is -1.92. The normalized spacial score (nSPS) is 19.8. The van der Waals surface area contributed by atoms with E-state index in [1.54, 1.807) is 0 Å². The third-order valence-electron chi connectivity index (χ3n) is 3.70. The molecule has 2 N–H and O–H groups in total. The van der Waals surface area contributed by atoms with E-state index >= 15 is 0 Å². The molecule has 0 bridgehead atoms. The Bertz CT molecular complexity index is 592. The SMILES string of the molecule is CCOC(=O)C1CNCCN1Cc1nc2ccccc2[nH]1. The molecule has 2 heterocycles. The highest BCUT2D eigenvalue weighted by Gasteiger charge is 2.30. The van der Waals surface area contributed by atoms with Crippen LogP contribution in [0.3, 0.4) is 0 Å². The van der Waals surface area contributed by atoms with Gasteiger partial charge in [-0.15, -0.1) is 0 Å². The average molecular weight is 288 g/mol. The number of para-hydroxylation sites is 2. The number of carbonyl (C=O) groups excluding carboxylic acids is 1. The van der Waals surface area contributed by atoms with Crippen LogP contribution in [0.15, 0.2) is 24.3 Å². The maximum absolute atomic E-state index is 12.0. The van der Waals surface area contributed by atoms with Crippen molar-refractivity contribution in [3.63, 3.8) is 0 Å². The van der Waals surface area contributed by atoms with Gasteiger partial charge in [-0.2, -0.15) is 0 Å². The van der Waals surface area contributed by atoms with Gasteiger partial charge >= 0.3 is 5.97 Å². The van der Waals surface area contributed by atoms with Crippen LogP contribution < -0.4 is 5.32 Å². The third kappa shape index (κ3) is 3.06. The second-order valence-corrected chi connectivity index (χ2v) is 5.14. The molecule has 1 aromatic carbocycles. The number of ether oxygens (including phenoxy) is 1. The maximum Gasteiger partial charge on any atom is 0.324 e. The van der Waals surface area contributed by atoms with E-state index in [4.69, 9.17) is 4.74 Å². The molecule has 6 heteroatoms. The number of H-pyrrole nitrogens is 1. The number of rotatable bonds is 4. The molecule has 1 aromatic heterocycles. The van der Waals surface area contributed by atoms with Crippen LogP contribution in [0.2, 0.25) is 0 Å². The topological polar surface area (TPSA) is 70.2 Å². The van der Waals surface area contributed by atoms with Crippen LogP contribution in [0.25, 0.3) is 11.0 Å². The van der Waals surface area contributed by atoms with E-state index in [1.165, 1.54) is 0 Å². The van der Waals surface area contributed by atoms with Crippen molar-refractivity contribution in [2.75, 3.05) is 26.2 Å². The molecule has 2 aromatic rings. The first-order valence-corrected chi connectivity index (χ1v) is 7.33. The summed E-state index contributed by atoms with van der Waals surface area (Å²) in [6.07, 6.45) is 0. The molecule has 1 aliphatic rings. The van der Waals surface area contributed by atoms with Crippen LogP contribution in [0.4, 0.5) is 0 Å². The number of hydrogen-bond donors (Lipinski definition) is 2.